The molecule has 2 aromatic rings. The van der Waals surface area contributed by atoms with E-state index in [1.54, 1.807) is 6.08 Å². The van der Waals surface area contributed by atoms with Crippen molar-refractivity contribution in [1.82, 2.24) is 9.55 Å². The minimum atomic E-state index is -4.82. The molecule has 29 heavy (non-hydrogen) atoms. The first-order valence-corrected chi connectivity index (χ1v) is 9.99. The van der Waals surface area contributed by atoms with Crippen molar-refractivity contribution < 1.29 is 33.8 Å². The molecule has 1 fully saturated rings. The van der Waals surface area contributed by atoms with Gasteiger partial charge in [0.1, 0.15) is 18.3 Å². The van der Waals surface area contributed by atoms with Gasteiger partial charge in [0.15, 0.2) is 6.23 Å². The third kappa shape index (κ3) is 5.17. The Hall–Kier alpha value is -2.37. The Bertz CT molecular complexity index is 1040. The van der Waals surface area contributed by atoms with Gasteiger partial charge in [0.05, 0.1) is 12.2 Å². The minimum absolute atomic E-state index is 0.0914. The zero-order valence-corrected chi connectivity index (χ0v) is 15.8. The Labute approximate surface area is 163 Å². The molecule has 0 aliphatic carbocycles. The largest absolute Gasteiger partial charge is 0.469 e. The molecule has 1 aliphatic heterocycles. The number of phosphoric ester groups is 1. The predicted molar refractivity (Wildman–Crippen MR) is 101 cm³/mol. The maximum atomic E-state index is 12.2. The Morgan fingerprint density at radius 2 is 1.83 bits per heavy atom. The highest BCUT2D eigenvalue weighted by atomic mass is 31.2. The van der Waals surface area contributed by atoms with Crippen molar-refractivity contribution in [3.8, 4) is 0 Å². The van der Waals surface area contributed by atoms with Crippen LogP contribution in [0.5, 0.6) is 0 Å². The number of aromatic amines is 1. The van der Waals surface area contributed by atoms with Crippen LogP contribution in [0.3, 0.4) is 0 Å². The summed E-state index contributed by atoms with van der Waals surface area (Å²) in [6.45, 7) is -0.710. The average Bonchev–Trinajstić information content (AvgIpc) is 2.94. The van der Waals surface area contributed by atoms with Crippen LogP contribution in [0.2, 0.25) is 0 Å². The summed E-state index contributed by atoms with van der Waals surface area (Å²) in [4.78, 5) is 43.9. The van der Waals surface area contributed by atoms with E-state index in [1.165, 1.54) is 6.08 Å². The number of nitrogens with zero attached hydrogens (tertiary/aromatic N) is 1. The van der Waals surface area contributed by atoms with Gasteiger partial charge in [-0.15, -0.1) is 0 Å². The van der Waals surface area contributed by atoms with E-state index in [2.05, 4.69) is 9.51 Å². The van der Waals surface area contributed by atoms with Gasteiger partial charge in [-0.3, -0.25) is 18.9 Å². The second kappa shape index (κ2) is 8.56. The van der Waals surface area contributed by atoms with Crippen LogP contribution in [0.4, 0.5) is 0 Å². The van der Waals surface area contributed by atoms with Crippen LogP contribution in [-0.4, -0.2) is 54.5 Å². The smallest absolute Gasteiger partial charge is 0.387 e. The maximum Gasteiger partial charge on any atom is 0.469 e. The first-order chi connectivity index (χ1) is 13.7. The highest BCUT2D eigenvalue weighted by molar-refractivity contribution is 7.46. The Morgan fingerprint density at radius 3 is 2.48 bits per heavy atom. The molecular weight excluding hydrogens is 407 g/mol. The number of hydrogen-bond acceptors (Lipinski definition) is 7. The van der Waals surface area contributed by atoms with Crippen LogP contribution >= 0.6 is 7.82 Å². The first kappa shape index (κ1) is 21.3. The van der Waals surface area contributed by atoms with E-state index in [0.29, 0.717) is 0 Å². The lowest BCUT2D eigenvalue weighted by molar-refractivity contribution is -0.0543. The zero-order chi connectivity index (χ0) is 21.2. The van der Waals surface area contributed by atoms with Gasteiger partial charge in [-0.1, -0.05) is 36.4 Å². The lowest BCUT2D eigenvalue weighted by Crippen LogP contribution is -2.38. The van der Waals surface area contributed by atoms with E-state index in [0.717, 1.165) is 16.3 Å². The van der Waals surface area contributed by atoms with Crippen molar-refractivity contribution in [2.24, 2.45) is 0 Å². The summed E-state index contributed by atoms with van der Waals surface area (Å²) in [5, 5.41) is 20.3. The average molecular weight is 426 g/mol. The second-order valence-corrected chi connectivity index (χ2v) is 7.57. The molecule has 4 atom stereocenters. The zero-order valence-electron chi connectivity index (χ0n) is 14.9. The van der Waals surface area contributed by atoms with E-state index >= 15 is 0 Å². The van der Waals surface area contributed by atoms with E-state index in [-0.39, 0.29) is 5.56 Å². The summed E-state index contributed by atoms with van der Waals surface area (Å²) in [6.07, 6.45) is -1.60. The molecule has 0 amide bonds. The molecule has 1 saturated heterocycles. The SMILES string of the molecule is O=c1[nH]c(=O)n([C@@H]2O[C@H](COP(=O)(O)O)[C@@H](O)[C@H]2O)cc1/C=C/c1ccccc1. The van der Waals surface area contributed by atoms with Gasteiger partial charge < -0.3 is 24.7 Å². The van der Waals surface area contributed by atoms with E-state index in [1.807, 2.05) is 30.3 Å². The fraction of sp³-hybridized carbons (Fsp3) is 0.294. The van der Waals surface area contributed by atoms with Crippen molar-refractivity contribution in [2.45, 2.75) is 24.5 Å². The summed E-state index contributed by atoms with van der Waals surface area (Å²) in [6, 6.07) is 9.09. The normalized spacial score (nSPS) is 25.0. The summed E-state index contributed by atoms with van der Waals surface area (Å²) in [5.74, 6) is 0. The third-order valence-corrected chi connectivity index (χ3v) is 4.75. The van der Waals surface area contributed by atoms with Gasteiger partial charge >= 0.3 is 13.5 Å². The molecule has 0 bridgehead atoms. The molecule has 0 saturated carbocycles. The van der Waals surface area contributed by atoms with E-state index in [9.17, 15) is 24.4 Å². The molecule has 3 rings (SSSR count). The third-order valence-electron chi connectivity index (χ3n) is 4.27. The molecular formula is C17H19N2O9P. The van der Waals surface area contributed by atoms with Gasteiger partial charge in [-0.25, -0.2) is 9.36 Å². The Morgan fingerprint density at radius 1 is 1.14 bits per heavy atom. The van der Waals surface area contributed by atoms with Gasteiger partial charge in [0.2, 0.25) is 0 Å². The monoisotopic (exact) mass is 426 g/mol. The van der Waals surface area contributed by atoms with Crippen molar-refractivity contribution in [1.29, 1.82) is 0 Å². The molecule has 11 nitrogen and oxygen atoms in total. The number of nitrogens with one attached hydrogen (secondary N) is 1. The van der Waals surface area contributed by atoms with Gasteiger partial charge in [0, 0.05) is 6.20 Å². The van der Waals surface area contributed by atoms with Crippen molar-refractivity contribution in [3.63, 3.8) is 0 Å². The fourth-order valence-electron chi connectivity index (χ4n) is 2.83. The number of phosphoric acid groups is 1. The molecule has 1 aromatic heterocycles. The topological polar surface area (TPSA) is 171 Å². The standard InChI is InChI=1S/C17H19N2O9P/c20-13-12(9-27-29(24,25)26)28-16(14(13)21)19-8-11(15(22)18-17(19)23)7-6-10-4-2-1-3-5-10/h1-8,12-14,16,20-21H,9H2,(H,18,22,23)(H2,24,25,26)/b7-6+/t12-,13-,14-,16-/m1/s1. The molecule has 0 radical (unpaired) electrons. The van der Waals surface area contributed by atoms with Crippen LogP contribution < -0.4 is 11.2 Å². The highest BCUT2D eigenvalue weighted by Gasteiger charge is 2.45. The summed E-state index contributed by atoms with van der Waals surface area (Å²) < 4.78 is 21.4. The number of benzene rings is 1. The summed E-state index contributed by atoms with van der Waals surface area (Å²) >= 11 is 0. The molecule has 5 N–H and O–H groups in total. The number of H-pyrrole nitrogens is 1. The van der Waals surface area contributed by atoms with Crippen LogP contribution in [0, 0.1) is 0 Å². The lowest BCUT2D eigenvalue weighted by Gasteiger charge is -2.17. The molecule has 0 spiro atoms. The van der Waals surface area contributed by atoms with Crippen LogP contribution in [-0.2, 0) is 13.8 Å². The number of aliphatic hydroxyl groups excluding tert-OH is 2. The molecule has 1 aliphatic rings. The number of rotatable bonds is 6. The van der Waals surface area contributed by atoms with E-state index in [4.69, 9.17) is 14.5 Å². The van der Waals surface area contributed by atoms with Crippen LogP contribution in [0.1, 0.15) is 17.4 Å². The Kier molecular flexibility index (Phi) is 6.30. The minimum Gasteiger partial charge on any atom is -0.387 e. The summed E-state index contributed by atoms with van der Waals surface area (Å²) in [7, 11) is -4.82. The number of ether oxygens (including phenoxy) is 1. The fourth-order valence-corrected chi connectivity index (χ4v) is 3.17. The van der Waals surface area contributed by atoms with Gasteiger partial charge in [-0.05, 0) is 11.6 Å². The number of aromatic nitrogens is 2. The van der Waals surface area contributed by atoms with Crippen molar-refractivity contribution in [3.05, 3.63) is 68.5 Å². The molecule has 0 unspecified atom stereocenters. The van der Waals surface area contributed by atoms with Crippen LogP contribution in [0.15, 0.2) is 46.1 Å². The van der Waals surface area contributed by atoms with E-state index < -0.39 is 50.2 Å². The molecule has 156 valence electrons. The molecule has 2 heterocycles. The quantitative estimate of drug-likeness (QED) is 0.380. The molecule has 12 heteroatoms. The van der Waals surface area contributed by atoms with Crippen molar-refractivity contribution in [2.75, 3.05) is 6.61 Å². The summed E-state index contributed by atoms with van der Waals surface area (Å²) in [5.41, 5.74) is -0.645. The van der Waals surface area contributed by atoms with Gasteiger partial charge in [0.25, 0.3) is 5.56 Å². The van der Waals surface area contributed by atoms with Gasteiger partial charge in [-0.2, -0.15) is 0 Å². The number of hydrogen-bond donors (Lipinski definition) is 5. The number of aliphatic hydroxyl groups is 2. The first-order valence-electron chi connectivity index (χ1n) is 8.46. The second-order valence-electron chi connectivity index (χ2n) is 6.33. The highest BCUT2D eigenvalue weighted by Crippen LogP contribution is 2.38. The maximum absolute atomic E-state index is 12.2. The van der Waals surface area contributed by atoms with Crippen molar-refractivity contribution >= 4 is 20.0 Å². The Balaban J connectivity index is 1.86. The lowest BCUT2D eigenvalue weighted by atomic mass is 10.1. The van der Waals surface area contributed by atoms with Crippen LogP contribution in [0.25, 0.3) is 12.2 Å². The molecule has 1 aromatic carbocycles. The predicted octanol–water partition coefficient (Wildman–Crippen LogP) is -0.564.